The lowest BCUT2D eigenvalue weighted by atomic mass is 9.84. The Hall–Kier alpha value is -1.26. The van der Waals surface area contributed by atoms with E-state index >= 15 is 0 Å². The molecule has 17 heavy (non-hydrogen) atoms. The first-order chi connectivity index (χ1) is 7.77. The molecule has 0 aromatic heterocycles. The highest BCUT2D eigenvalue weighted by molar-refractivity contribution is 5.93. The van der Waals surface area contributed by atoms with Crippen LogP contribution >= 0.6 is 0 Å². The molecule has 0 fully saturated rings. The lowest BCUT2D eigenvalue weighted by Crippen LogP contribution is -2.27. The highest BCUT2D eigenvalue weighted by Crippen LogP contribution is 2.40. The Morgan fingerprint density at radius 2 is 2.06 bits per heavy atom. The summed E-state index contributed by atoms with van der Waals surface area (Å²) < 4.78 is 42.8. The molecule has 5 heteroatoms. The molecule has 0 amide bonds. The first-order valence-corrected chi connectivity index (χ1v) is 5.39. The largest absolute Gasteiger partial charge is 0.462 e. The molecule has 0 aromatic rings. The summed E-state index contributed by atoms with van der Waals surface area (Å²) in [5.41, 5.74) is 0.840. The van der Waals surface area contributed by atoms with Crippen LogP contribution in [0.1, 0.15) is 27.2 Å². The number of allylic oxidation sites excluding steroid dienone is 2. The van der Waals surface area contributed by atoms with E-state index in [4.69, 9.17) is 4.74 Å². The number of hydrogen-bond donors (Lipinski definition) is 0. The Bertz CT molecular complexity index is 378. The SMILES string of the molecule is CCOC(=O)C1=C(C)CC(C(F)(F)F)C(C)=C1. The van der Waals surface area contributed by atoms with E-state index < -0.39 is 18.1 Å². The van der Waals surface area contributed by atoms with Gasteiger partial charge in [0.15, 0.2) is 0 Å². The predicted molar refractivity (Wildman–Crippen MR) is 57.3 cm³/mol. The van der Waals surface area contributed by atoms with Crippen LogP contribution in [0, 0.1) is 5.92 Å². The van der Waals surface area contributed by atoms with E-state index in [2.05, 4.69) is 0 Å². The molecule has 1 rings (SSSR count). The monoisotopic (exact) mass is 248 g/mol. The molecule has 2 nitrogen and oxygen atoms in total. The second-order valence-corrected chi connectivity index (χ2v) is 4.10. The lowest BCUT2D eigenvalue weighted by molar-refractivity contribution is -0.164. The quantitative estimate of drug-likeness (QED) is 0.700. The third-order valence-corrected chi connectivity index (χ3v) is 2.78. The Morgan fingerprint density at radius 1 is 1.47 bits per heavy atom. The number of alkyl halides is 3. The number of ether oxygens (including phenoxy) is 1. The number of esters is 1. The number of carbonyl (C=O) groups is 1. The van der Waals surface area contributed by atoms with Crippen molar-refractivity contribution < 1.29 is 22.7 Å². The van der Waals surface area contributed by atoms with E-state index in [1.165, 1.54) is 19.9 Å². The zero-order valence-corrected chi connectivity index (χ0v) is 10.0. The van der Waals surface area contributed by atoms with Crippen molar-refractivity contribution in [3.05, 3.63) is 22.8 Å². The smallest absolute Gasteiger partial charge is 0.395 e. The number of carbonyl (C=O) groups excluding carboxylic acids is 1. The predicted octanol–water partition coefficient (Wildman–Crippen LogP) is 3.39. The maximum absolute atomic E-state index is 12.7. The molecule has 0 saturated heterocycles. The van der Waals surface area contributed by atoms with Crippen molar-refractivity contribution in [1.29, 1.82) is 0 Å². The summed E-state index contributed by atoms with van der Waals surface area (Å²) in [6, 6.07) is 0. The summed E-state index contributed by atoms with van der Waals surface area (Å²) >= 11 is 0. The van der Waals surface area contributed by atoms with E-state index in [0.717, 1.165) is 0 Å². The second kappa shape index (κ2) is 4.94. The Morgan fingerprint density at radius 3 is 2.53 bits per heavy atom. The number of hydrogen-bond acceptors (Lipinski definition) is 2. The van der Waals surface area contributed by atoms with Crippen molar-refractivity contribution in [2.24, 2.45) is 5.92 Å². The van der Waals surface area contributed by atoms with Crippen LogP contribution in [-0.4, -0.2) is 18.8 Å². The van der Waals surface area contributed by atoms with Gasteiger partial charge in [-0.3, -0.25) is 0 Å². The van der Waals surface area contributed by atoms with E-state index in [9.17, 15) is 18.0 Å². The molecule has 0 aromatic carbocycles. The van der Waals surface area contributed by atoms with Crippen LogP contribution in [0.15, 0.2) is 22.8 Å². The maximum Gasteiger partial charge on any atom is 0.395 e. The third kappa shape index (κ3) is 3.11. The number of rotatable bonds is 2. The van der Waals surface area contributed by atoms with E-state index in [1.807, 2.05) is 0 Å². The normalized spacial score (nSPS) is 21.3. The van der Waals surface area contributed by atoms with Gasteiger partial charge in [0.1, 0.15) is 0 Å². The summed E-state index contributed by atoms with van der Waals surface area (Å²) in [5.74, 6) is -2.04. The van der Waals surface area contributed by atoms with Crippen molar-refractivity contribution >= 4 is 5.97 Å². The van der Waals surface area contributed by atoms with Crippen LogP contribution in [-0.2, 0) is 9.53 Å². The van der Waals surface area contributed by atoms with Gasteiger partial charge < -0.3 is 4.74 Å². The molecule has 0 bridgehead atoms. The molecule has 0 aliphatic heterocycles. The molecule has 1 aliphatic carbocycles. The first kappa shape index (κ1) is 13.8. The molecule has 1 aliphatic rings. The summed E-state index contributed by atoms with van der Waals surface area (Å²) in [6.07, 6.45) is -3.14. The van der Waals surface area contributed by atoms with Gasteiger partial charge in [-0.1, -0.05) is 11.1 Å². The standard InChI is InChI=1S/C12H15F3O2/c1-4-17-11(16)9-5-8(3)10(6-7(9)2)12(13,14)15/h5,10H,4,6H2,1-3H3. The van der Waals surface area contributed by atoms with Crippen molar-refractivity contribution in [3.63, 3.8) is 0 Å². The minimum atomic E-state index is -4.26. The van der Waals surface area contributed by atoms with Gasteiger partial charge in [0.05, 0.1) is 18.1 Å². The van der Waals surface area contributed by atoms with E-state index in [0.29, 0.717) is 5.57 Å². The van der Waals surface area contributed by atoms with Crippen LogP contribution in [0.2, 0.25) is 0 Å². The molecule has 96 valence electrons. The third-order valence-electron chi connectivity index (χ3n) is 2.78. The summed E-state index contributed by atoms with van der Waals surface area (Å²) in [4.78, 5) is 11.5. The molecule has 0 N–H and O–H groups in total. The second-order valence-electron chi connectivity index (χ2n) is 4.10. The van der Waals surface area contributed by atoms with E-state index in [-0.39, 0.29) is 24.2 Å². The first-order valence-electron chi connectivity index (χ1n) is 5.39. The van der Waals surface area contributed by atoms with Gasteiger partial charge >= 0.3 is 12.1 Å². The fraction of sp³-hybridized carbons (Fsp3) is 0.583. The van der Waals surface area contributed by atoms with Crippen molar-refractivity contribution in [3.8, 4) is 0 Å². The molecule has 1 atom stereocenters. The van der Waals surface area contributed by atoms with Gasteiger partial charge in [-0.15, -0.1) is 0 Å². The Balaban J connectivity index is 2.97. The van der Waals surface area contributed by atoms with Crippen LogP contribution in [0.4, 0.5) is 13.2 Å². The van der Waals surface area contributed by atoms with Crippen molar-refractivity contribution in [2.75, 3.05) is 6.61 Å². The lowest BCUT2D eigenvalue weighted by Gasteiger charge is -2.26. The topological polar surface area (TPSA) is 26.3 Å². The van der Waals surface area contributed by atoms with Crippen LogP contribution in [0.25, 0.3) is 0 Å². The summed E-state index contributed by atoms with van der Waals surface area (Å²) in [5, 5.41) is 0. The highest BCUT2D eigenvalue weighted by atomic mass is 19.4. The van der Waals surface area contributed by atoms with Crippen LogP contribution < -0.4 is 0 Å². The van der Waals surface area contributed by atoms with Crippen LogP contribution in [0.3, 0.4) is 0 Å². The highest BCUT2D eigenvalue weighted by Gasteiger charge is 2.42. The van der Waals surface area contributed by atoms with E-state index in [1.54, 1.807) is 6.92 Å². The molecule has 0 heterocycles. The van der Waals surface area contributed by atoms with Gasteiger partial charge in [0.25, 0.3) is 0 Å². The molecule has 0 saturated carbocycles. The average Bonchev–Trinajstić information content (AvgIpc) is 2.19. The maximum atomic E-state index is 12.7. The Kier molecular flexibility index (Phi) is 4.01. The Labute approximate surface area is 98.1 Å². The molecule has 1 unspecified atom stereocenters. The minimum Gasteiger partial charge on any atom is -0.462 e. The zero-order chi connectivity index (χ0) is 13.2. The zero-order valence-electron chi connectivity index (χ0n) is 10.0. The van der Waals surface area contributed by atoms with Gasteiger partial charge in [-0.05, 0) is 33.3 Å². The fourth-order valence-electron chi connectivity index (χ4n) is 1.84. The summed E-state index contributed by atoms with van der Waals surface area (Å²) in [6.45, 7) is 4.80. The molecule has 0 spiro atoms. The van der Waals surface area contributed by atoms with Crippen molar-refractivity contribution in [2.45, 2.75) is 33.4 Å². The fourth-order valence-corrected chi connectivity index (χ4v) is 1.84. The summed E-state index contributed by atoms with van der Waals surface area (Å²) in [7, 11) is 0. The van der Waals surface area contributed by atoms with Gasteiger partial charge in [-0.25, -0.2) is 4.79 Å². The molecule has 0 radical (unpaired) electrons. The van der Waals surface area contributed by atoms with Gasteiger partial charge in [0.2, 0.25) is 0 Å². The molecular formula is C12H15F3O2. The molecular weight excluding hydrogens is 233 g/mol. The average molecular weight is 248 g/mol. The van der Waals surface area contributed by atoms with Gasteiger partial charge in [-0.2, -0.15) is 13.2 Å². The van der Waals surface area contributed by atoms with Gasteiger partial charge in [0, 0.05) is 0 Å². The number of halogens is 3. The van der Waals surface area contributed by atoms with Crippen molar-refractivity contribution in [1.82, 2.24) is 0 Å². The minimum absolute atomic E-state index is 0.158. The van der Waals surface area contributed by atoms with Crippen LogP contribution in [0.5, 0.6) is 0 Å².